The maximum Gasteiger partial charge on any atom is 0.417 e. The molecule has 0 bridgehead atoms. The number of fused-ring (bicyclic) bond motifs is 1. The highest BCUT2D eigenvalue weighted by Crippen LogP contribution is 2.21. The molecule has 1 unspecified atom stereocenters. The van der Waals surface area contributed by atoms with Crippen LogP contribution in [-0.2, 0) is 4.79 Å². The number of hydrogen-bond acceptors (Lipinski definition) is 5. The van der Waals surface area contributed by atoms with Gasteiger partial charge in [-0.05, 0) is 31.2 Å². The summed E-state index contributed by atoms with van der Waals surface area (Å²) in [6, 6.07) is 8.45. The predicted molar refractivity (Wildman–Crippen MR) is 105 cm³/mol. The van der Waals surface area contributed by atoms with Crippen LogP contribution in [0.2, 0.25) is 0 Å². The first kappa shape index (κ1) is 19.1. The lowest BCUT2D eigenvalue weighted by atomic mass is 10.2. The van der Waals surface area contributed by atoms with Gasteiger partial charge in [0.1, 0.15) is 0 Å². The summed E-state index contributed by atoms with van der Waals surface area (Å²) in [6.45, 7) is 4.24. The molecular formula is C20H20F2N4O3. The number of carbonyl (C=O) groups is 1. The summed E-state index contributed by atoms with van der Waals surface area (Å²) in [5.41, 5.74) is 2.11. The van der Waals surface area contributed by atoms with Gasteiger partial charge in [-0.2, -0.15) is 0 Å². The molecule has 0 saturated carbocycles. The van der Waals surface area contributed by atoms with Crippen molar-refractivity contribution >= 4 is 28.4 Å². The molecule has 1 saturated heterocycles. The fraction of sp³-hybridized carbons (Fsp3) is 0.300. The summed E-state index contributed by atoms with van der Waals surface area (Å²) >= 11 is 0. The number of oxazole rings is 1. The van der Waals surface area contributed by atoms with E-state index in [-0.39, 0.29) is 11.9 Å². The summed E-state index contributed by atoms with van der Waals surface area (Å²) in [7, 11) is 0. The number of amides is 1. The Morgan fingerprint density at radius 2 is 1.86 bits per heavy atom. The zero-order valence-corrected chi connectivity index (χ0v) is 15.7. The maximum atomic E-state index is 13.5. The smallest absolute Gasteiger partial charge is 0.408 e. The number of H-pyrrole nitrogens is 1. The molecule has 1 aromatic heterocycles. The molecule has 0 aliphatic carbocycles. The molecule has 29 heavy (non-hydrogen) atoms. The molecule has 1 fully saturated rings. The minimum Gasteiger partial charge on any atom is -0.408 e. The molecule has 4 rings (SSSR count). The predicted octanol–water partition coefficient (Wildman–Crippen LogP) is 2.55. The van der Waals surface area contributed by atoms with E-state index in [0.717, 1.165) is 6.07 Å². The minimum absolute atomic E-state index is 0.177. The quantitative estimate of drug-likeness (QED) is 0.701. The highest BCUT2D eigenvalue weighted by atomic mass is 19.2. The van der Waals surface area contributed by atoms with Crippen LogP contribution in [0.4, 0.5) is 20.2 Å². The molecule has 1 atom stereocenters. The summed E-state index contributed by atoms with van der Waals surface area (Å²) in [5.74, 6) is -2.46. The number of piperazine rings is 1. The van der Waals surface area contributed by atoms with Gasteiger partial charge >= 0.3 is 5.76 Å². The lowest BCUT2D eigenvalue weighted by Gasteiger charge is -2.38. The molecule has 0 radical (unpaired) electrons. The third kappa shape index (κ3) is 4.00. The number of halogens is 2. The van der Waals surface area contributed by atoms with Gasteiger partial charge in [-0.3, -0.25) is 14.7 Å². The average molecular weight is 402 g/mol. The van der Waals surface area contributed by atoms with E-state index in [2.05, 4.69) is 10.3 Å². The van der Waals surface area contributed by atoms with Gasteiger partial charge in [-0.25, -0.2) is 13.6 Å². The molecule has 1 aliphatic rings. The number of nitrogens with one attached hydrogen (secondary N) is 2. The monoisotopic (exact) mass is 402 g/mol. The first-order chi connectivity index (χ1) is 13.9. The van der Waals surface area contributed by atoms with Gasteiger partial charge in [0.05, 0.1) is 11.6 Å². The fourth-order valence-electron chi connectivity index (χ4n) is 3.48. The summed E-state index contributed by atoms with van der Waals surface area (Å²) in [5, 5.41) is 2.84. The third-order valence-corrected chi connectivity index (χ3v) is 5.20. The molecule has 2 N–H and O–H groups in total. The van der Waals surface area contributed by atoms with Crippen LogP contribution in [0.1, 0.15) is 6.92 Å². The Morgan fingerprint density at radius 3 is 2.59 bits per heavy atom. The van der Waals surface area contributed by atoms with Crippen molar-refractivity contribution in [1.82, 2.24) is 9.88 Å². The van der Waals surface area contributed by atoms with Crippen LogP contribution in [0.3, 0.4) is 0 Å². The van der Waals surface area contributed by atoms with Crippen molar-refractivity contribution in [2.45, 2.75) is 13.0 Å². The number of rotatable bonds is 4. The van der Waals surface area contributed by atoms with Crippen LogP contribution in [0.5, 0.6) is 0 Å². The summed E-state index contributed by atoms with van der Waals surface area (Å²) < 4.78 is 31.6. The van der Waals surface area contributed by atoms with E-state index in [1.807, 2.05) is 16.7 Å². The molecule has 152 valence electrons. The second kappa shape index (κ2) is 7.67. The highest BCUT2D eigenvalue weighted by molar-refractivity contribution is 5.96. The van der Waals surface area contributed by atoms with Crippen molar-refractivity contribution in [3.05, 3.63) is 58.6 Å². The van der Waals surface area contributed by atoms with E-state index < -0.39 is 17.4 Å². The molecule has 3 aromatic rings. The van der Waals surface area contributed by atoms with Crippen LogP contribution in [0.25, 0.3) is 11.1 Å². The lowest BCUT2D eigenvalue weighted by molar-refractivity contribution is -0.120. The van der Waals surface area contributed by atoms with Crippen molar-refractivity contribution in [3.8, 4) is 0 Å². The summed E-state index contributed by atoms with van der Waals surface area (Å²) in [6.07, 6.45) is 0. The van der Waals surface area contributed by atoms with Crippen molar-refractivity contribution in [3.63, 3.8) is 0 Å². The van der Waals surface area contributed by atoms with Crippen molar-refractivity contribution in [2.75, 3.05) is 36.4 Å². The minimum atomic E-state index is -0.868. The van der Waals surface area contributed by atoms with Gasteiger partial charge in [-0.15, -0.1) is 0 Å². The van der Waals surface area contributed by atoms with E-state index in [4.69, 9.17) is 4.42 Å². The Morgan fingerprint density at radius 1 is 1.10 bits per heavy atom. The Kier molecular flexibility index (Phi) is 5.06. The topological polar surface area (TPSA) is 81.6 Å². The largest absolute Gasteiger partial charge is 0.417 e. The number of aromatic nitrogens is 1. The Labute approximate surface area is 164 Å². The zero-order chi connectivity index (χ0) is 20.5. The third-order valence-electron chi connectivity index (χ3n) is 5.20. The maximum absolute atomic E-state index is 13.5. The molecular weight excluding hydrogens is 382 g/mol. The van der Waals surface area contributed by atoms with Crippen molar-refractivity contribution < 1.29 is 18.0 Å². The number of anilines is 2. The number of benzene rings is 2. The molecule has 7 nitrogen and oxygen atoms in total. The zero-order valence-electron chi connectivity index (χ0n) is 15.7. The highest BCUT2D eigenvalue weighted by Gasteiger charge is 2.26. The Hall–Kier alpha value is -3.20. The van der Waals surface area contributed by atoms with Gasteiger partial charge in [-0.1, -0.05) is 0 Å². The average Bonchev–Trinajstić information content (AvgIpc) is 3.09. The van der Waals surface area contributed by atoms with E-state index in [9.17, 15) is 18.4 Å². The van der Waals surface area contributed by atoms with E-state index in [1.54, 1.807) is 24.3 Å². The normalized spacial score (nSPS) is 16.2. The van der Waals surface area contributed by atoms with Gasteiger partial charge in [0.2, 0.25) is 5.91 Å². The Bertz CT molecular complexity index is 1100. The van der Waals surface area contributed by atoms with Crippen molar-refractivity contribution in [2.24, 2.45) is 0 Å². The SMILES string of the molecule is CC(C(=O)Nc1ccc2[nH]c(=O)oc2c1)N1CCN(c2ccc(F)c(F)c2)CC1. The first-order valence-electron chi connectivity index (χ1n) is 9.28. The van der Waals surface area contributed by atoms with Crippen LogP contribution < -0.4 is 16.0 Å². The number of aromatic amines is 1. The lowest BCUT2D eigenvalue weighted by Crippen LogP contribution is -2.52. The van der Waals surface area contributed by atoms with Crippen molar-refractivity contribution in [1.29, 1.82) is 0 Å². The van der Waals surface area contributed by atoms with Crippen LogP contribution in [0, 0.1) is 11.6 Å². The van der Waals surface area contributed by atoms with E-state index in [1.165, 1.54) is 6.07 Å². The number of carbonyl (C=O) groups excluding carboxylic acids is 1. The molecule has 2 aromatic carbocycles. The number of nitrogens with zero attached hydrogens (tertiary/aromatic N) is 2. The standard InChI is InChI=1S/C20H20F2N4O3/c1-12(19(27)23-13-2-5-17-18(10-13)29-20(28)24-17)25-6-8-26(9-7-25)14-3-4-15(21)16(22)11-14/h2-5,10-12H,6-9H2,1H3,(H,23,27)(H,24,28). The molecule has 2 heterocycles. The van der Waals surface area contributed by atoms with Gasteiger partial charge in [0, 0.05) is 49.7 Å². The molecule has 1 amide bonds. The number of hydrogen-bond donors (Lipinski definition) is 2. The van der Waals surface area contributed by atoms with Gasteiger partial charge < -0.3 is 14.6 Å². The van der Waals surface area contributed by atoms with E-state index in [0.29, 0.717) is 48.7 Å². The second-order valence-electron chi connectivity index (χ2n) is 7.01. The summed E-state index contributed by atoms with van der Waals surface area (Å²) in [4.78, 5) is 30.4. The molecule has 1 aliphatic heterocycles. The van der Waals surface area contributed by atoms with E-state index >= 15 is 0 Å². The Balaban J connectivity index is 1.36. The molecule has 9 heteroatoms. The molecule has 0 spiro atoms. The van der Waals surface area contributed by atoms with Gasteiger partial charge in [0.15, 0.2) is 17.2 Å². The van der Waals surface area contributed by atoms with Gasteiger partial charge in [0.25, 0.3) is 0 Å². The first-order valence-corrected chi connectivity index (χ1v) is 9.28. The fourth-order valence-corrected chi connectivity index (χ4v) is 3.48. The van der Waals surface area contributed by atoms with Crippen LogP contribution >= 0.6 is 0 Å². The van der Waals surface area contributed by atoms with Crippen LogP contribution in [0.15, 0.2) is 45.6 Å². The van der Waals surface area contributed by atoms with Crippen LogP contribution in [-0.4, -0.2) is 48.0 Å². The second-order valence-corrected chi connectivity index (χ2v) is 7.01.